The van der Waals surface area contributed by atoms with Gasteiger partial charge in [-0.15, -0.1) is 0 Å². The van der Waals surface area contributed by atoms with Crippen LogP contribution in [0.15, 0.2) is 91.0 Å². The molecule has 3 amide bonds. The largest absolute Gasteiger partial charge is 0.508 e. The van der Waals surface area contributed by atoms with Crippen LogP contribution in [-0.2, 0) is 19.0 Å². The Labute approximate surface area is 368 Å². The zero-order chi connectivity index (χ0) is 44.4. The zero-order valence-corrected chi connectivity index (χ0v) is 36.3. The number of anilines is 2. The normalized spacial score (nSPS) is 16.8. The number of morpholine rings is 2. The van der Waals surface area contributed by atoms with E-state index in [1.165, 1.54) is 29.0 Å². The highest BCUT2D eigenvalue weighted by Gasteiger charge is 2.33. The first-order chi connectivity index (χ1) is 29.9. The second-order valence-corrected chi connectivity index (χ2v) is 15.2. The lowest BCUT2D eigenvalue weighted by Crippen LogP contribution is -2.41. The van der Waals surface area contributed by atoms with E-state index in [0.29, 0.717) is 54.8 Å². The molecule has 3 heterocycles. The molecule has 4 N–H and O–H groups in total. The number of ether oxygens (including phenoxy) is 3. The Kier molecular flexibility index (Phi) is 18.4. The van der Waals surface area contributed by atoms with Crippen LogP contribution >= 0.6 is 11.6 Å². The number of nitrogens with zero attached hydrogens (tertiary/aromatic N) is 3. The number of cyclic esters (lactones) is 1. The number of hydrogen-bond acceptors (Lipinski definition) is 10. The van der Waals surface area contributed by atoms with Gasteiger partial charge < -0.3 is 40.0 Å². The van der Waals surface area contributed by atoms with Gasteiger partial charge in [-0.05, 0) is 102 Å². The third kappa shape index (κ3) is 14.2. The maximum absolute atomic E-state index is 14.4. The molecule has 3 fully saturated rings. The second kappa shape index (κ2) is 24.1. The lowest BCUT2D eigenvalue weighted by atomic mass is 9.91. The van der Waals surface area contributed by atoms with E-state index < -0.39 is 12.2 Å². The Hall–Kier alpha value is -5.67. The molecule has 15 heteroatoms. The second-order valence-electron chi connectivity index (χ2n) is 14.8. The van der Waals surface area contributed by atoms with E-state index in [9.17, 15) is 29.0 Å². The van der Waals surface area contributed by atoms with Crippen LogP contribution in [0.5, 0.6) is 11.5 Å². The quantitative estimate of drug-likeness (QED) is 0.106. The number of aromatic hydroxyl groups is 2. The average molecular weight is 874 g/mol. The summed E-state index contributed by atoms with van der Waals surface area (Å²) in [6.07, 6.45) is 0.871. The number of halogens is 2. The molecule has 3 aliphatic heterocycles. The van der Waals surface area contributed by atoms with Gasteiger partial charge in [0.1, 0.15) is 23.4 Å². The van der Waals surface area contributed by atoms with Gasteiger partial charge in [-0.1, -0.05) is 49.7 Å². The average Bonchev–Trinajstić information content (AvgIpc) is 3.67. The topological polar surface area (TPSA) is 153 Å². The number of allylic oxidation sites excluding steroid dienone is 2. The number of carbonyl (C=O) groups excluding carboxylic acids is 3. The molecule has 0 aromatic heterocycles. The van der Waals surface area contributed by atoms with Crippen molar-refractivity contribution in [1.29, 1.82) is 0 Å². The van der Waals surface area contributed by atoms with E-state index in [0.717, 1.165) is 56.8 Å². The van der Waals surface area contributed by atoms with Crippen molar-refractivity contribution < 1.29 is 43.2 Å². The first-order valence-corrected chi connectivity index (χ1v) is 21.3. The van der Waals surface area contributed by atoms with E-state index in [1.807, 2.05) is 29.2 Å². The molecular weight excluding hydrogens is 817 g/mol. The Bertz CT molecular complexity index is 2040. The Balaban J connectivity index is 0.000000178. The van der Waals surface area contributed by atoms with Gasteiger partial charge in [0, 0.05) is 56.8 Å². The summed E-state index contributed by atoms with van der Waals surface area (Å²) in [6.45, 7) is 13.6. The highest BCUT2D eigenvalue weighted by molar-refractivity contribution is 6.30. The summed E-state index contributed by atoms with van der Waals surface area (Å²) < 4.78 is 30.2. The fraction of sp³-hybridized carbons (Fsp3) is 0.383. The Morgan fingerprint density at radius 2 is 1.29 bits per heavy atom. The predicted molar refractivity (Wildman–Crippen MR) is 240 cm³/mol. The van der Waals surface area contributed by atoms with E-state index >= 15 is 0 Å². The highest BCUT2D eigenvalue weighted by Crippen LogP contribution is 2.33. The molecule has 0 aliphatic carbocycles. The van der Waals surface area contributed by atoms with Crippen molar-refractivity contribution in [3.8, 4) is 11.5 Å². The monoisotopic (exact) mass is 873 g/mol. The molecule has 0 saturated carbocycles. The number of nitrogens with one attached hydrogen (secondary N) is 2. The molecule has 0 bridgehead atoms. The number of amides is 3. The van der Waals surface area contributed by atoms with Crippen molar-refractivity contribution in [2.24, 2.45) is 0 Å². The van der Waals surface area contributed by atoms with Crippen LogP contribution in [0.25, 0.3) is 11.1 Å². The third-order valence-corrected chi connectivity index (χ3v) is 10.7. The number of benzene rings is 4. The van der Waals surface area contributed by atoms with Gasteiger partial charge in [0.05, 0.1) is 50.9 Å². The summed E-state index contributed by atoms with van der Waals surface area (Å²) in [5.41, 5.74) is 6.41. The van der Waals surface area contributed by atoms with Crippen LogP contribution in [-0.4, -0.2) is 118 Å². The summed E-state index contributed by atoms with van der Waals surface area (Å²) in [7, 11) is 0. The minimum absolute atomic E-state index is 0.0556. The van der Waals surface area contributed by atoms with Gasteiger partial charge in [0.15, 0.2) is 0 Å². The van der Waals surface area contributed by atoms with Crippen molar-refractivity contribution in [2.75, 3.05) is 88.6 Å². The molecule has 332 valence electrons. The van der Waals surface area contributed by atoms with E-state index in [2.05, 4.69) is 29.4 Å². The molecule has 0 spiro atoms. The first kappa shape index (κ1) is 47.4. The van der Waals surface area contributed by atoms with Crippen molar-refractivity contribution in [2.45, 2.75) is 39.7 Å². The Morgan fingerprint density at radius 3 is 1.81 bits per heavy atom. The SMILES string of the molecule is CC(=O)NC[C@H]1CN(c2ccc(N3CCOCC3)c(F)c2)C(=O)O1.CC/C(=C(/CC)c1ccc(O)cc1)c1ccc(O)cc1.O=C(NCCN1CCOCC1)c1ccc(Cl)cc1. The molecule has 0 unspecified atom stereocenters. The van der Waals surface area contributed by atoms with Crippen LogP contribution in [0, 0.1) is 5.82 Å². The van der Waals surface area contributed by atoms with Gasteiger partial charge in [0.2, 0.25) is 5.91 Å². The number of phenolic OH excluding ortho intramolecular Hbond substituents is 2. The first-order valence-electron chi connectivity index (χ1n) is 20.9. The maximum Gasteiger partial charge on any atom is 0.414 e. The number of hydrogen-bond donors (Lipinski definition) is 4. The molecule has 1 atom stereocenters. The molecular formula is C47H57ClFN5O8. The van der Waals surface area contributed by atoms with Crippen LogP contribution in [0.1, 0.15) is 55.1 Å². The molecule has 4 aromatic rings. The standard InChI is InChI=1S/C18H20O2.C16H20FN3O4.C13H17ClN2O2/c1-3-17(13-5-9-15(19)10-6-13)18(4-2)14-7-11-16(20)12-8-14;1-11(21)18-9-13-10-20(16(22)24-13)12-2-3-15(14(17)8-12)19-4-6-23-7-5-19;14-12-3-1-11(2-4-12)13(17)15-5-6-16-7-9-18-10-8-16/h5-12,19-20H,3-4H2,1-2H3;2-3,8,13H,4-7,9-10H2,1H3,(H,18,21);1-4H,5-10H2,(H,15,17)/b18-17+;;/t;13-;/m.0./s1. The Morgan fingerprint density at radius 1 is 0.758 bits per heavy atom. The summed E-state index contributed by atoms with van der Waals surface area (Å²) in [4.78, 5) is 40.3. The maximum atomic E-state index is 14.4. The number of rotatable bonds is 12. The van der Waals surface area contributed by atoms with Gasteiger partial charge in [-0.2, -0.15) is 0 Å². The lowest BCUT2D eigenvalue weighted by Gasteiger charge is -2.29. The molecule has 4 aromatic carbocycles. The van der Waals surface area contributed by atoms with Crippen LogP contribution in [0.3, 0.4) is 0 Å². The number of carbonyl (C=O) groups is 3. The number of phenols is 2. The molecule has 62 heavy (non-hydrogen) atoms. The predicted octanol–water partition coefficient (Wildman–Crippen LogP) is 7.35. The van der Waals surface area contributed by atoms with Gasteiger partial charge in [-0.3, -0.25) is 19.4 Å². The van der Waals surface area contributed by atoms with Gasteiger partial charge in [0.25, 0.3) is 5.91 Å². The van der Waals surface area contributed by atoms with Crippen LogP contribution in [0.2, 0.25) is 5.02 Å². The third-order valence-electron chi connectivity index (χ3n) is 10.5. The van der Waals surface area contributed by atoms with Crippen LogP contribution in [0.4, 0.5) is 20.6 Å². The van der Waals surface area contributed by atoms with Gasteiger partial charge >= 0.3 is 6.09 Å². The minimum atomic E-state index is -0.538. The van der Waals surface area contributed by atoms with E-state index in [4.69, 9.17) is 25.8 Å². The molecule has 7 rings (SSSR count). The van der Waals surface area contributed by atoms with Crippen molar-refractivity contribution in [3.63, 3.8) is 0 Å². The zero-order valence-electron chi connectivity index (χ0n) is 35.6. The fourth-order valence-electron chi connectivity index (χ4n) is 7.19. The molecule has 13 nitrogen and oxygen atoms in total. The summed E-state index contributed by atoms with van der Waals surface area (Å²) in [5, 5.41) is 25.0. The minimum Gasteiger partial charge on any atom is -0.508 e. The van der Waals surface area contributed by atoms with E-state index in [1.54, 1.807) is 60.7 Å². The molecule has 3 saturated heterocycles. The van der Waals surface area contributed by atoms with Crippen molar-refractivity contribution in [1.82, 2.24) is 15.5 Å². The van der Waals surface area contributed by atoms with Crippen molar-refractivity contribution in [3.05, 3.63) is 119 Å². The summed E-state index contributed by atoms with van der Waals surface area (Å²) >= 11 is 5.77. The molecule has 3 aliphatic rings. The summed E-state index contributed by atoms with van der Waals surface area (Å²) in [6, 6.07) is 26.3. The van der Waals surface area contributed by atoms with Crippen molar-refractivity contribution >= 4 is 52.0 Å². The van der Waals surface area contributed by atoms with Crippen LogP contribution < -0.4 is 20.4 Å². The van der Waals surface area contributed by atoms with E-state index in [-0.39, 0.29) is 42.2 Å². The lowest BCUT2D eigenvalue weighted by molar-refractivity contribution is -0.119. The smallest absolute Gasteiger partial charge is 0.414 e. The highest BCUT2D eigenvalue weighted by atomic mass is 35.5. The fourth-order valence-corrected chi connectivity index (χ4v) is 7.31. The summed E-state index contributed by atoms with van der Waals surface area (Å²) in [5.74, 6) is -0.0587. The van der Waals surface area contributed by atoms with Gasteiger partial charge in [-0.25, -0.2) is 9.18 Å². The molecule has 0 radical (unpaired) electrons.